The lowest BCUT2D eigenvalue weighted by Gasteiger charge is -2.53. The molecule has 10 nitrogen and oxygen atoms in total. The number of aromatic nitrogens is 5. The minimum absolute atomic E-state index is 0.147. The molecule has 32 heavy (non-hydrogen) atoms. The first-order valence-electron chi connectivity index (χ1n) is 10.9. The number of rotatable bonds is 2. The monoisotopic (exact) mass is 461 g/mol. The van der Waals surface area contributed by atoms with E-state index in [9.17, 15) is 4.79 Å². The Morgan fingerprint density at radius 1 is 1.19 bits per heavy atom. The van der Waals surface area contributed by atoms with Gasteiger partial charge in [0, 0.05) is 29.6 Å². The van der Waals surface area contributed by atoms with E-state index in [0.717, 1.165) is 0 Å². The van der Waals surface area contributed by atoms with Crippen molar-refractivity contribution in [1.29, 1.82) is 0 Å². The second-order valence-electron chi connectivity index (χ2n) is 10.7. The molecule has 11 heteroatoms. The van der Waals surface area contributed by atoms with Gasteiger partial charge in [0.25, 0.3) is 5.56 Å². The average molecular weight is 462 g/mol. The van der Waals surface area contributed by atoms with Gasteiger partial charge in [0.15, 0.2) is 11.7 Å². The Bertz CT molecular complexity index is 1210. The van der Waals surface area contributed by atoms with Crippen LogP contribution in [-0.2, 0) is 18.3 Å². The lowest BCUT2D eigenvalue weighted by Crippen LogP contribution is -2.65. The van der Waals surface area contributed by atoms with Gasteiger partial charge in [0.1, 0.15) is 24.0 Å². The van der Waals surface area contributed by atoms with E-state index < -0.39 is 20.9 Å². The molecule has 5 rings (SSSR count). The van der Waals surface area contributed by atoms with Gasteiger partial charge in [0.05, 0.1) is 12.9 Å². The predicted octanol–water partition coefficient (Wildman–Crippen LogP) is 2.74. The summed E-state index contributed by atoms with van der Waals surface area (Å²) < 4.78 is 29.0. The van der Waals surface area contributed by atoms with Gasteiger partial charge in [-0.15, -0.1) is 0 Å². The molecule has 0 aliphatic carbocycles. The fourth-order valence-electron chi connectivity index (χ4n) is 5.41. The van der Waals surface area contributed by atoms with Gasteiger partial charge in [-0.2, -0.15) is 0 Å². The summed E-state index contributed by atoms with van der Waals surface area (Å²) >= 11 is 0. The molecule has 0 amide bonds. The van der Waals surface area contributed by atoms with Crippen molar-refractivity contribution in [2.45, 2.75) is 76.2 Å². The smallest absolute Gasteiger partial charge is 0.349 e. The maximum atomic E-state index is 12.8. The topological polar surface area (TPSA) is 105 Å². The van der Waals surface area contributed by atoms with Crippen molar-refractivity contribution < 1.29 is 18.3 Å². The third-order valence-corrected chi connectivity index (χ3v) is 11.8. The summed E-state index contributed by atoms with van der Waals surface area (Å²) in [5.41, 5.74) is 0.616. The van der Waals surface area contributed by atoms with Gasteiger partial charge in [-0.25, -0.2) is 14.4 Å². The van der Waals surface area contributed by atoms with Crippen molar-refractivity contribution in [3.05, 3.63) is 29.1 Å². The first-order valence-corrected chi connectivity index (χ1v) is 12.7. The molecule has 174 valence electrons. The Hall–Kier alpha value is -2.05. The number of imidazole rings is 2. The fraction of sp³-hybridized carbons (Fsp3) is 0.667. The molecule has 0 spiro atoms. The largest absolute Gasteiger partial charge is 0.391 e. The van der Waals surface area contributed by atoms with Crippen LogP contribution in [-0.4, -0.2) is 64.5 Å². The normalized spacial score (nSPS) is 28.5. The fourth-order valence-corrected chi connectivity index (χ4v) is 10.4. The Kier molecular flexibility index (Phi) is 4.74. The zero-order chi connectivity index (χ0) is 23.1. The van der Waals surface area contributed by atoms with E-state index in [4.69, 9.17) is 18.3 Å². The molecule has 3 aromatic heterocycles. The Morgan fingerprint density at radius 2 is 1.91 bits per heavy atom. The summed E-state index contributed by atoms with van der Waals surface area (Å²) in [6.07, 6.45) is 3.30. The van der Waals surface area contributed by atoms with Crippen LogP contribution in [0.4, 0.5) is 0 Å². The maximum absolute atomic E-state index is 12.8. The third-order valence-electron chi connectivity index (χ3n) is 6.65. The summed E-state index contributed by atoms with van der Waals surface area (Å²) in [4.78, 5) is 24.6. The van der Waals surface area contributed by atoms with Crippen molar-refractivity contribution in [3.63, 3.8) is 0 Å². The Labute approximate surface area is 187 Å². The molecule has 2 aliphatic rings. The number of ether oxygens (including phenoxy) is 2. The molecular weight excluding hydrogens is 430 g/mol. The number of fused-ring (bicyclic) bond motifs is 3. The molecule has 4 atom stereocenters. The Morgan fingerprint density at radius 3 is 2.56 bits per heavy atom. The van der Waals surface area contributed by atoms with E-state index in [1.165, 1.54) is 4.40 Å². The lowest BCUT2D eigenvalue weighted by molar-refractivity contribution is -0.0797. The molecule has 0 bridgehead atoms. The first-order chi connectivity index (χ1) is 15.0. The highest BCUT2D eigenvalue weighted by Gasteiger charge is 2.65. The van der Waals surface area contributed by atoms with Crippen molar-refractivity contribution in [1.82, 2.24) is 23.9 Å². The van der Waals surface area contributed by atoms with Crippen molar-refractivity contribution >= 4 is 25.5 Å². The highest BCUT2D eigenvalue weighted by atomic mass is 28.4. The number of aromatic amines is 1. The molecule has 5 heterocycles. The van der Waals surface area contributed by atoms with Crippen LogP contribution >= 0.6 is 0 Å². The van der Waals surface area contributed by atoms with E-state index in [1.54, 1.807) is 30.4 Å². The van der Waals surface area contributed by atoms with Gasteiger partial charge < -0.3 is 23.3 Å². The van der Waals surface area contributed by atoms with Crippen LogP contribution in [0.3, 0.4) is 0 Å². The van der Waals surface area contributed by atoms with Crippen LogP contribution < -0.4 is 5.56 Å². The quantitative estimate of drug-likeness (QED) is 0.585. The molecule has 2 aliphatic heterocycles. The number of H-pyrrole nitrogens is 1. The molecule has 0 unspecified atom stereocenters. The number of hydrogen-bond acceptors (Lipinski definition) is 7. The van der Waals surface area contributed by atoms with E-state index in [0.29, 0.717) is 23.5 Å². The maximum Gasteiger partial charge on any atom is 0.349 e. The lowest BCUT2D eigenvalue weighted by atomic mass is 10.1. The van der Waals surface area contributed by atoms with Crippen LogP contribution in [0, 0.1) is 0 Å². The highest BCUT2D eigenvalue weighted by Crippen LogP contribution is 2.56. The molecule has 2 fully saturated rings. The van der Waals surface area contributed by atoms with E-state index in [1.807, 2.05) is 0 Å². The summed E-state index contributed by atoms with van der Waals surface area (Å²) in [5.74, 6) is 0.445. The molecule has 0 saturated carbocycles. The predicted molar refractivity (Wildman–Crippen MR) is 120 cm³/mol. The molecule has 0 aromatic carbocycles. The van der Waals surface area contributed by atoms with Crippen molar-refractivity contribution in [2.75, 3.05) is 13.7 Å². The van der Waals surface area contributed by atoms with Gasteiger partial charge >= 0.3 is 8.56 Å². The van der Waals surface area contributed by atoms with Crippen molar-refractivity contribution in [3.8, 4) is 0 Å². The van der Waals surface area contributed by atoms with Crippen LogP contribution in [0.15, 0.2) is 23.5 Å². The number of hydrogen-bond donors (Lipinski definition) is 1. The van der Waals surface area contributed by atoms with Crippen molar-refractivity contribution in [2.24, 2.45) is 0 Å². The minimum atomic E-state index is -2.69. The van der Waals surface area contributed by atoms with Crippen LogP contribution in [0.1, 0.15) is 47.8 Å². The van der Waals surface area contributed by atoms with E-state index >= 15 is 0 Å². The third kappa shape index (κ3) is 2.88. The summed E-state index contributed by atoms with van der Waals surface area (Å²) in [6.45, 7) is 13.5. The molecule has 2 saturated heterocycles. The minimum Gasteiger partial charge on any atom is -0.391 e. The highest BCUT2D eigenvalue weighted by molar-refractivity contribution is 6.73. The molecule has 0 radical (unpaired) electrons. The van der Waals surface area contributed by atoms with Gasteiger partial charge in [-0.1, -0.05) is 41.5 Å². The number of nitrogens with one attached hydrogen (secondary N) is 1. The average Bonchev–Trinajstić information content (AvgIpc) is 3.41. The zero-order valence-corrected chi connectivity index (χ0v) is 20.6. The molecule has 3 aromatic rings. The van der Waals surface area contributed by atoms with Gasteiger partial charge in [-0.05, 0) is 0 Å². The Balaban J connectivity index is 1.57. The van der Waals surface area contributed by atoms with Gasteiger partial charge in [0.2, 0.25) is 5.78 Å². The number of nitrogens with zero attached hydrogens (tertiary/aromatic N) is 4. The standard InChI is InChI=1S/C21H31N5O5Si/c1-20(2,3)32(21(4,5)6)29-10-12-14(31-32)15(28-7)18(30-12)26-11-23-13-16(26)24-19-22-8-9-25(19)17(13)27/h8-9,11-12,14-15,18H,10H2,1-7H3,(H,22,24)/t12-,14+,15-,18-/m1/s1. The van der Waals surface area contributed by atoms with Crippen LogP contribution in [0.5, 0.6) is 0 Å². The zero-order valence-electron chi connectivity index (χ0n) is 19.6. The second-order valence-corrected chi connectivity index (χ2v) is 15.4. The second kappa shape index (κ2) is 6.97. The van der Waals surface area contributed by atoms with Crippen LogP contribution in [0.2, 0.25) is 10.1 Å². The molecular formula is C21H31N5O5Si. The summed E-state index contributed by atoms with van der Waals surface area (Å²) in [5, 5.41) is -0.294. The molecule has 1 N–H and O–H groups in total. The van der Waals surface area contributed by atoms with Gasteiger partial charge in [-0.3, -0.25) is 9.36 Å². The SMILES string of the molecule is CO[C@@H]1[C@H]2O[Si](C(C)(C)C)(C(C)(C)C)OC[C@H]2O[C@H]1n1cnc2c(=O)n3ccnc3[nH]c21. The van der Waals surface area contributed by atoms with Crippen LogP contribution in [0.25, 0.3) is 16.9 Å². The van der Waals surface area contributed by atoms with E-state index in [-0.39, 0.29) is 27.8 Å². The first kappa shape index (κ1) is 21.8. The number of methoxy groups -OCH3 is 1. The summed E-state index contributed by atoms with van der Waals surface area (Å²) in [7, 11) is -1.03. The summed E-state index contributed by atoms with van der Waals surface area (Å²) in [6, 6.07) is 0. The van der Waals surface area contributed by atoms with E-state index in [2.05, 4.69) is 56.5 Å².